The molecule has 0 aliphatic heterocycles. The molecule has 10 heteroatoms. The Bertz CT molecular complexity index is 1250. The van der Waals surface area contributed by atoms with Gasteiger partial charge in [-0.25, -0.2) is 0 Å². The number of nitro groups is 3. The summed E-state index contributed by atoms with van der Waals surface area (Å²) in [6.45, 7) is 0. The Kier molecular flexibility index (Phi) is 2.95. The van der Waals surface area contributed by atoms with Crippen molar-refractivity contribution < 1.29 is 19.9 Å². The van der Waals surface area contributed by atoms with Crippen LogP contribution in [0.1, 0.15) is 0 Å². The molecule has 128 valence electrons. The largest absolute Gasteiger partial charge is 0.507 e. The van der Waals surface area contributed by atoms with Gasteiger partial charge >= 0.3 is 0 Å². The van der Waals surface area contributed by atoms with Gasteiger partial charge in [0.15, 0.2) is 0 Å². The van der Waals surface area contributed by atoms with E-state index in [1.807, 2.05) is 0 Å². The number of nitrogens with zero attached hydrogens (tertiary/aromatic N) is 3. The number of hydrogen-bond donors (Lipinski definition) is 1. The van der Waals surface area contributed by atoms with Gasteiger partial charge in [0.2, 0.25) is 0 Å². The zero-order valence-corrected chi connectivity index (χ0v) is 12.7. The number of non-ortho nitro benzene ring substituents is 3. The normalized spacial score (nSPS) is 11.4. The van der Waals surface area contributed by atoms with Crippen LogP contribution in [0, 0.1) is 30.3 Å². The van der Waals surface area contributed by atoms with Crippen LogP contribution < -0.4 is 0 Å². The molecule has 0 aromatic heterocycles. The minimum absolute atomic E-state index is 0.105. The number of rotatable bonds is 3. The maximum atomic E-state index is 11.4. The Labute approximate surface area is 142 Å². The van der Waals surface area contributed by atoms with E-state index in [-0.39, 0.29) is 38.1 Å². The van der Waals surface area contributed by atoms with E-state index in [4.69, 9.17) is 0 Å². The van der Waals surface area contributed by atoms with Gasteiger partial charge in [0.1, 0.15) is 5.75 Å². The molecule has 0 saturated heterocycles. The second kappa shape index (κ2) is 4.96. The van der Waals surface area contributed by atoms with Gasteiger partial charge in [0.25, 0.3) is 17.1 Å². The minimum atomic E-state index is -0.743. The smallest absolute Gasteiger partial charge is 0.284 e. The number of phenols is 1. The molecule has 4 aromatic carbocycles. The summed E-state index contributed by atoms with van der Waals surface area (Å²) in [6, 6.07) is 7.32. The van der Waals surface area contributed by atoms with Crippen LogP contribution >= 0.6 is 0 Å². The molecule has 4 rings (SSSR count). The topological polar surface area (TPSA) is 150 Å². The summed E-state index contributed by atoms with van der Waals surface area (Å²) in [5, 5.41) is 45.2. The van der Waals surface area contributed by atoms with Crippen molar-refractivity contribution in [2.24, 2.45) is 0 Å². The van der Waals surface area contributed by atoms with Crippen LogP contribution in [0.15, 0.2) is 36.4 Å². The van der Waals surface area contributed by atoms with Gasteiger partial charge < -0.3 is 5.11 Å². The maximum Gasteiger partial charge on any atom is 0.284 e. The van der Waals surface area contributed by atoms with E-state index >= 15 is 0 Å². The van der Waals surface area contributed by atoms with E-state index in [1.54, 1.807) is 0 Å². The molecule has 0 unspecified atom stereocenters. The van der Waals surface area contributed by atoms with Crippen LogP contribution in [0.4, 0.5) is 17.1 Å². The first kappa shape index (κ1) is 15.4. The molecule has 0 spiro atoms. The van der Waals surface area contributed by atoms with Crippen LogP contribution in [-0.2, 0) is 0 Å². The average molecular weight is 353 g/mol. The monoisotopic (exact) mass is 353 g/mol. The molecular weight excluding hydrogens is 346 g/mol. The Morgan fingerprint density at radius 2 is 0.962 bits per heavy atom. The van der Waals surface area contributed by atoms with Crippen LogP contribution in [0.3, 0.4) is 0 Å². The third kappa shape index (κ3) is 1.86. The highest BCUT2D eigenvalue weighted by atomic mass is 16.6. The Balaban J connectivity index is 2.39. The van der Waals surface area contributed by atoms with E-state index in [0.29, 0.717) is 0 Å². The molecule has 1 N–H and O–H groups in total. The van der Waals surface area contributed by atoms with Crippen molar-refractivity contribution in [1.82, 2.24) is 0 Å². The summed E-state index contributed by atoms with van der Waals surface area (Å²) in [5.74, 6) is -0.382. The van der Waals surface area contributed by atoms with Crippen molar-refractivity contribution in [1.29, 1.82) is 0 Å². The lowest BCUT2D eigenvalue weighted by molar-refractivity contribution is -0.392. The molecule has 0 bridgehead atoms. The van der Waals surface area contributed by atoms with Gasteiger partial charge in [-0.2, -0.15) is 0 Å². The van der Waals surface area contributed by atoms with Crippen molar-refractivity contribution >= 4 is 49.4 Å². The van der Waals surface area contributed by atoms with Gasteiger partial charge in [0, 0.05) is 16.2 Å². The summed E-state index contributed by atoms with van der Waals surface area (Å²) in [6.07, 6.45) is 0. The molecule has 0 radical (unpaired) electrons. The number of aromatic hydroxyl groups is 1. The van der Waals surface area contributed by atoms with Crippen LogP contribution in [0.5, 0.6) is 5.75 Å². The SMILES string of the molecule is O=[N+]([O-])c1cc(O)c2ccc3c([N+](=O)[O-])cc([N+](=O)[O-])c4ccc1c2c34. The average Bonchev–Trinajstić information content (AvgIpc) is 2.59. The molecule has 0 amide bonds. The lowest BCUT2D eigenvalue weighted by Gasteiger charge is -2.12. The molecular formula is C16H7N3O7. The Hall–Kier alpha value is -4.08. The molecule has 0 saturated carbocycles. The van der Waals surface area contributed by atoms with E-state index < -0.39 is 31.8 Å². The lowest BCUT2D eigenvalue weighted by atomic mass is 9.91. The van der Waals surface area contributed by atoms with Crippen LogP contribution in [-0.4, -0.2) is 19.9 Å². The summed E-state index contributed by atoms with van der Waals surface area (Å²) >= 11 is 0. The van der Waals surface area contributed by atoms with Crippen molar-refractivity contribution in [3.8, 4) is 5.75 Å². The van der Waals surface area contributed by atoms with Crippen LogP contribution in [0.2, 0.25) is 0 Å². The molecule has 0 heterocycles. The third-order valence-corrected chi connectivity index (χ3v) is 4.40. The highest BCUT2D eigenvalue weighted by Crippen LogP contribution is 2.46. The van der Waals surface area contributed by atoms with Crippen molar-refractivity contribution in [2.75, 3.05) is 0 Å². The zero-order valence-electron chi connectivity index (χ0n) is 12.7. The van der Waals surface area contributed by atoms with Gasteiger partial charge in [-0.1, -0.05) is 0 Å². The van der Waals surface area contributed by atoms with E-state index in [0.717, 1.165) is 12.1 Å². The van der Waals surface area contributed by atoms with Gasteiger partial charge in [-0.05, 0) is 24.3 Å². The van der Waals surface area contributed by atoms with Crippen molar-refractivity contribution in [2.45, 2.75) is 0 Å². The zero-order chi connectivity index (χ0) is 18.7. The highest BCUT2D eigenvalue weighted by Gasteiger charge is 2.28. The standard InChI is InChI=1S/C16H7N3O7/c20-14-6-13(19(25)26)9-2-1-7-11(17(21)22)5-12(18(23)24)8-3-4-10(14)16(9)15(7)8/h1-6,20H. The fraction of sp³-hybridized carbons (Fsp3) is 0. The summed E-state index contributed by atoms with van der Waals surface area (Å²) in [5.41, 5.74) is -1.35. The second-order valence-corrected chi connectivity index (χ2v) is 5.67. The number of benzene rings is 4. The Morgan fingerprint density at radius 3 is 1.38 bits per heavy atom. The quantitative estimate of drug-likeness (QED) is 0.332. The van der Waals surface area contributed by atoms with Crippen molar-refractivity contribution in [3.05, 3.63) is 66.7 Å². The summed E-state index contributed by atoms with van der Waals surface area (Å²) < 4.78 is 0. The first-order valence-corrected chi connectivity index (χ1v) is 7.22. The van der Waals surface area contributed by atoms with E-state index in [1.165, 1.54) is 24.3 Å². The van der Waals surface area contributed by atoms with Crippen molar-refractivity contribution in [3.63, 3.8) is 0 Å². The molecule has 10 nitrogen and oxygen atoms in total. The molecule has 0 aliphatic rings. The predicted octanol–water partition coefficient (Wildman–Crippen LogP) is 4.01. The van der Waals surface area contributed by atoms with Gasteiger partial charge in [-0.3, -0.25) is 30.3 Å². The second-order valence-electron chi connectivity index (χ2n) is 5.67. The fourth-order valence-corrected chi connectivity index (χ4v) is 3.37. The molecule has 4 aromatic rings. The Morgan fingerprint density at radius 1 is 0.615 bits per heavy atom. The minimum Gasteiger partial charge on any atom is -0.507 e. The molecule has 0 atom stereocenters. The highest BCUT2D eigenvalue weighted by molar-refractivity contribution is 6.28. The maximum absolute atomic E-state index is 11.4. The third-order valence-electron chi connectivity index (χ3n) is 4.40. The van der Waals surface area contributed by atoms with Crippen LogP contribution in [0.25, 0.3) is 32.3 Å². The predicted molar refractivity (Wildman–Crippen MR) is 91.8 cm³/mol. The molecule has 0 fully saturated rings. The van der Waals surface area contributed by atoms with E-state index in [9.17, 15) is 35.4 Å². The summed E-state index contributed by atoms with van der Waals surface area (Å²) in [7, 11) is 0. The number of phenolic OH excluding ortho intramolecular Hbond substituents is 1. The lowest BCUT2D eigenvalue weighted by Crippen LogP contribution is -1.98. The first-order chi connectivity index (χ1) is 12.3. The van der Waals surface area contributed by atoms with Gasteiger partial charge in [-0.15, -0.1) is 0 Å². The fourth-order valence-electron chi connectivity index (χ4n) is 3.37. The van der Waals surface area contributed by atoms with E-state index in [2.05, 4.69) is 0 Å². The summed E-state index contributed by atoms with van der Waals surface area (Å²) in [4.78, 5) is 31.9. The first-order valence-electron chi connectivity index (χ1n) is 7.22. The number of nitro benzene ring substituents is 3. The molecule has 26 heavy (non-hydrogen) atoms. The van der Waals surface area contributed by atoms with Gasteiger partial charge in [0.05, 0.1) is 43.1 Å². The molecule has 0 aliphatic carbocycles. The number of hydrogen-bond acceptors (Lipinski definition) is 7.